The number of carbonyl (C=O) groups excluding carboxylic acids is 2. The van der Waals surface area contributed by atoms with Gasteiger partial charge in [-0.1, -0.05) is 60.7 Å². The number of hydrogen-bond donors (Lipinski definition) is 6. The first-order chi connectivity index (χ1) is 30.1. The number of aromatic nitrogens is 3. The summed E-state index contributed by atoms with van der Waals surface area (Å²) in [6.45, 7) is 3.89. The van der Waals surface area contributed by atoms with Crippen molar-refractivity contribution < 1.29 is 34.0 Å². The fraction of sp³-hybridized carbons (Fsp3) is 0.319. The molecule has 2 bridgehead atoms. The highest BCUT2D eigenvalue weighted by Crippen LogP contribution is 2.32. The minimum Gasteiger partial charge on any atom is -0.506 e. The number of benzene rings is 4. The summed E-state index contributed by atoms with van der Waals surface area (Å²) in [7, 11) is 3.33. The summed E-state index contributed by atoms with van der Waals surface area (Å²) in [4.78, 5) is 43.3. The van der Waals surface area contributed by atoms with E-state index in [9.17, 15) is 24.6 Å². The predicted molar refractivity (Wildman–Crippen MR) is 232 cm³/mol. The third-order valence-corrected chi connectivity index (χ3v) is 11.8. The molecule has 2 amide bonds. The van der Waals surface area contributed by atoms with Crippen molar-refractivity contribution in [2.75, 3.05) is 33.3 Å². The van der Waals surface area contributed by atoms with Crippen LogP contribution in [-0.2, 0) is 31.5 Å². The zero-order chi connectivity index (χ0) is 43.2. The Morgan fingerprint density at radius 1 is 0.935 bits per heavy atom. The highest BCUT2D eigenvalue weighted by molar-refractivity contribution is 5.92. The quantitative estimate of drug-likeness (QED) is 0.0749. The number of rotatable bonds is 16. The maximum atomic E-state index is 13.3. The second-order valence-corrected chi connectivity index (χ2v) is 15.8. The Bertz CT molecular complexity index is 2590. The number of aromatic amines is 1. The van der Waals surface area contributed by atoms with Gasteiger partial charge in [0.15, 0.2) is 5.69 Å². The molecule has 6 aromatic rings. The highest BCUT2D eigenvalue weighted by atomic mass is 16.6. The van der Waals surface area contributed by atoms with Gasteiger partial charge < -0.3 is 45.4 Å². The molecule has 3 atom stereocenters. The number of pyridine rings is 1. The molecule has 322 valence electrons. The SMILES string of the molecule is COc1cc(CNC(=O)c2cc(COc3cccc([C@@H](NC(=O)O[C@H]4CN5CCC4CC5)c4ccccc4)c3)n(C)n2)ccc1CNC[C@H](O)c1ccc(O)c2[nH]c(=O)ccc12. The number of amides is 2. The Kier molecular flexibility index (Phi) is 12.8. The van der Waals surface area contributed by atoms with Crippen LogP contribution in [0.3, 0.4) is 0 Å². The first-order valence-electron chi connectivity index (χ1n) is 20.8. The molecule has 3 fully saturated rings. The summed E-state index contributed by atoms with van der Waals surface area (Å²) in [6, 6.07) is 30.3. The number of aryl methyl sites for hydroxylation is 1. The molecular formula is C47H51N7O8. The number of aliphatic hydroxyl groups is 1. The van der Waals surface area contributed by atoms with Crippen LogP contribution in [0.2, 0.25) is 0 Å². The van der Waals surface area contributed by atoms with Crippen LogP contribution in [0.25, 0.3) is 10.9 Å². The van der Waals surface area contributed by atoms with Crippen LogP contribution < -0.4 is 31.0 Å². The van der Waals surface area contributed by atoms with Gasteiger partial charge in [-0.2, -0.15) is 5.10 Å². The predicted octanol–water partition coefficient (Wildman–Crippen LogP) is 5.22. The van der Waals surface area contributed by atoms with E-state index in [0.29, 0.717) is 40.6 Å². The third-order valence-electron chi connectivity index (χ3n) is 11.8. The molecule has 6 N–H and O–H groups in total. The standard InChI is InChI=1S/C47H51N7O8/c1-53-34(28-61-35-10-6-9-32(22-35)44(31-7-4-3-5-8-31)51-47(59)62-42-27-54-19-17-30(42)18-20-54)23-38(52-53)46(58)49-24-29-11-12-33(41(21-29)60-2)25-48-26-40(56)36-13-15-39(55)45-37(36)14-16-43(57)50-45/h3-16,21-23,30,40,42,44,48,55-56H,17-20,24-28H2,1-2H3,(H,49,58)(H,50,57)(H,51,59)/t40-,42-,44-/m0/s1. The first-order valence-corrected chi connectivity index (χ1v) is 20.8. The van der Waals surface area contributed by atoms with Crippen molar-refractivity contribution in [1.82, 2.24) is 35.6 Å². The van der Waals surface area contributed by atoms with E-state index in [1.807, 2.05) is 72.8 Å². The van der Waals surface area contributed by atoms with Gasteiger partial charge in [-0.3, -0.25) is 19.2 Å². The van der Waals surface area contributed by atoms with E-state index in [1.54, 1.807) is 37.0 Å². The minimum absolute atomic E-state index is 0.0703. The fourth-order valence-electron chi connectivity index (χ4n) is 8.35. The van der Waals surface area contributed by atoms with E-state index in [2.05, 4.69) is 30.9 Å². The Labute approximate surface area is 358 Å². The number of fused-ring (bicyclic) bond motifs is 4. The molecule has 62 heavy (non-hydrogen) atoms. The van der Waals surface area contributed by atoms with Crippen molar-refractivity contribution in [3.05, 3.63) is 153 Å². The highest BCUT2D eigenvalue weighted by Gasteiger charge is 2.37. The number of ether oxygens (including phenoxy) is 3. The van der Waals surface area contributed by atoms with E-state index in [-0.39, 0.29) is 54.2 Å². The van der Waals surface area contributed by atoms with Gasteiger partial charge in [-0.05, 0) is 90.5 Å². The van der Waals surface area contributed by atoms with Gasteiger partial charge in [0.25, 0.3) is 5.91 Å². The number of aromatic hydroxyl groups is 1. The van der Waals surface area contributed by atoms with Crippen molar-refractivity contribution in [3.8, 4) is 17.2 Å². The molecule has 0 aliphatic carbocycles. The van der Waals surface area contributed by atoms with Gasteiger partial charge in [-0.15, -0.1) is 0 Å². The van der Waals surface area contributed by atoms with Crippen LogP contribution in [0, 0.1) is 5.92 Å². The van der Waals surface area contributed by atoms with Crippen LogP contribution >= 0.6 is 0 Å². The molecule has 0 spiro atoms. The lowest BCUT2D eigenvalue weighted by molar-refractivity contribution is -0.0336. The van der Waals surface area contributed by atoms with Gasteiger partial charge in [0, 0.05) is 50.2 Å². The molecule has 2 aromatic heterocycles. The van der Waals surface area contributed by atoms with Crippen molar-refractivity contribution in [1.29, 1.82) is 0 Å². The Hall–Kier alpha value is -6.68. The van der Waals surface area contributed by atoms with Crippen LogP contribution in [0.1, 0.15) is 69.0 Å². The van der Waals surface area contributed by atoms with E-state index in [1.165, 1.54) is 12.1 Å². The smallest absolute Gasteiger partial charge is 0.408 e. The number of piperidine rings is 3. The Morgan fingerprint density at radius 3 is 2.52 bits per heavy atom. The molecule has 4 aromatic carbocycles. The average Bonchev–Trinajstić information content (AvgIpc) is 3.67. The second kappa shape index (κ2) is 18.9. The Morgan fingerprint density at radius 2 is 1.74 bits per heavy atom. The van der Waals surface area contributed by atoms with Crippen molar-refractivity contribution >= 4 is 22.9 Å². The van der Waals surface area contributed by atoms with Crippen LogP contribution in [0.4, 0.5) is 4.79 Å². The number of carbonyl (C=O) groups is 2. The monoisotopic (exact) mass is 841 g/mol. The van der Waals surface area contributed by atoms with Crippen LogP contribution in [0.15, 0.2) is 108 Å². The molecule has 3 aliphatic rings. The molecule has 0 unspecified atom stereocenters. The number of alkyl carbamates (subject to hydrolysis) is 1. The number of nitrogens with one attached hydrogen (secondary N) is 4. The van der Waals surface area contributed by atoms with Gasteiger partial charge >= 0.3 is 6.09 Å². The van der Waals surface area contributed by atoms with E-state index >= 15 is 0 Å². The zero-order valence-corrected chi connectivity index (χ0v) is 34.7. The van der Waals surface area contributed by atoms with Crippen molar-refractivity contribution in [3.63, 3.8) is 0 Å². The first kappa shape index (κ1) is 42.0. The molecule has 9 rings (SSSR count). The number of nitrogens with zero attached hydrogens (tertiary/aromatic N) is 3. The summed E-state index contributed by atoms with van der Waals surface area (Å²) < 4.78 is 19.5. The normalized spacial score (nSPS) is 17.9. The fourth-order valence-corrected chi connectivity index (χ4v) is 8.35. The van der Waals surface area contributed by atoms with E-state index in [0.717, 1.165) is 54.7 Å². The molecule has 3 aliphatic heterocycles. The minimum atomic E-state index is -0.909. The molecular weight excluding hydrogens is 791 g/mol. The Balaban J connectivity index is 0.845. The number of phenolic OH excluding ortho intramolecular Hbond substituents is 1. The van der Waals surface area contributed by atoms with E-state index in [4.69, 9.17) is 14.2 Å². The van der Waals surface area contributed by atoms with Crippen molar-refractivity contribution in [2.45, 2.75) is 50.8 Å². The topological polar surface area (TPSA) is 192 Å². The molecule has 3 saturated heterocycles. The second-order valence-electron chi connectivity index (χ2n) is 15.8. The van der Waals surface area contributed by atoms with Gasteiger partial charge in [0.05, 0.1) is 30.5 Å². The molecule has 0 radical (unpaired) electrons. The number of H-pyrrole nitrogens is 1. The summed E-state index contributed by atoms with van der Waals surface area (Å²) in [5, 5.41) is 35.4. The molecule has 15 heteroatoms. The lowest BCUT2D eigenvalue weighted by atomic mass is 9.86. The van der Waals surface area contributed by atoms with Gasteiger partial charge in [0.1, 0.15) is 30.0 Å². The average molecular weight is 842 g/mol. The van der Waals surface area contributed by atoms with Crippen LogP contribution in [-0.4, -0.2) is 81.3 Å². The maximum absolute atomic E-state index is 13.3. The number of phenols is 1. The number of methoxy groups -OCH3 is 1. The maximum Gasteiger partial charge on any atom is 0.408 e. The molecule has 0 saturated carbocycles. The lowest BCUT2D eigenvalue weighted by Gasteiger charge is -2.43. The van der Waals surface area contributed by atoms with Gasteiger partial charge in [0.2, 0.25) is 5.56 Å². The molecule has 15 nitrogen and oxygen atoms in total. The van der Waals surface area contributed by atoms with Crippen LogP contribution in [0.5, 0.6) is 17.2 Å². The summed E-state index contributed by atoms with van der Waals surface area (Å²) >= 11 is 0. The summed E-state index contributed by atoms with van der Waals surface area (Å²) in [5.74, 6) is 1.19. The largest absolute Gasteiger partial charge is 0.506 e. The third kappa shape index (κ3) is 9.76. The lowest BCUT2D eigenvalue weighted by Crippen LogP contribution is -2.52. The zero-order valence-electron chi connectivity index (χ0n) is 34.7. The van der Waals surface area contributed by atoms with E-state index < -0.39 is 18.2 Å². The van der Waals surface area contributed by atoms with Crippen molar-refractivity contribution in [2.24, 2.45) is 13.0 Å². The summed E-state index contributed by atoms with van der Waals surface area (Å²) in [6.07, 6.45) is 0.651. The number of hydrogen-bond acceptors (Lipinski definition) is 11. The van der Waals surface area contributed by atoms with Gasteiger partial charge in [-0.25, -0.2) is 4.79 Å². The molecule has 5 heterocycles. The summed E-state index contributed by atoms with van der Waals surface area (Å²) in [5.41, 5.74) is 4.85. The number of aliphatic hydroxyl groups excluding tert-OH is 1.